The van der Waals surface area contributed by atoms with Gasteiger partial charge in [-0.1, -0.05) is 33.8 Å². The number of carbonyl (C=O) groups is 1. The first kappa shape index (κ1) is 15.9. The maximum absolute atomic E-state index is 12.1. The van der Waals surface area contributed by atoms with Gasteiger partial charge in [-0.05, 0) is 29.0 Å². The lowest BCUT2D eigenvalue weighted by Crippen LogP contribution is -2.25. The summed E-state index contributed by atoms with van der Waals surface area (Å²) in [6, 6.07) is 3.76. The predicted molar refractivity (Wildman–Crippen MR) is 82.5 cm³/mol. The Morgan fingerprint density at radius 2 is 1.89 bits per heavy atom. The van der Waals surface area contributed by atoms with E-state index in [1.807, 2.05) is 19.9 Å². The van der Waals surface area contributed by atoms with Crippen LogP contribution in [0, 0.1) is 0 Å². The fourth-order valence-electron chi connectivity index (χ4n) is 1.89. The number of hydrogen-bond donors (Lipinski definition) is 3. The van der Waals surface area contributed by atoms with Gasteiger partial charge in [-0.2, -0.15) is 12.6 Å². The average molecular weight is 281 g/mol. The lowest BCUT2D eigenvalue weighted by atomic mass is 9.91. The summed E-state index contributed by atoms with van der Waals surface area (Å²) >= 11 is 4.06. The van der Waals surface area contributed by atoms with Gasteiger partial charge >= 0.3 is 0 Å². The molecule has 3 nitrogen and oxygen atoms in total. The molecule has 0 saturated heterocycles. The van der Waals surface area contributed by atoms with Crippen molar-refractivity contribution >= 4 is 18.5 Å². The van der Waals surface area contributed by atoms with Crippen molar-refractivity contribution in [1.29, 1.82) is 0 Å². The van der Waals surface area contributed by atoms with Gasteiger partial charge in [-0.3, -0.25) is 4.79 Å². The highest BCUT2D eigenvalue weighted by molar-refractivity contribution is 7.80. The summed E-state index contributed by atoms with van der Waals surface area (Å²) in [7, 11) is 0. The Morgan fingerprint density at radius 3 is 2.37 bits per heavy atom. The van der Waals surface area contributed by atoms with Gasteiger partial charge < -0.3 is 10.4 Å². The van der Waals surface area contributed by atoms with Crippen LogP contribution in [0.2, 0.25) is 0 Å². The largest absolute Gasteiger partial charge is 0.507 e. The van der Waals surface area contributed by atoms with Crippen LogP contribution in [0.25, 0.3) is 0 Å². The Morgan fingerprint density at radius 1 is 1.26 bits per heavy atom. The summed E-state index contributed by atoms with van der Waals surface area (Å²) in [6.45, 7) is 8.66. The van der Waals surface area contributed by atoms with Crippen LogP contribution >= 0.6 is 12.6 Å². The molecule has 4 heteroatoms. The number of carbonyl (C=O) groups excluding carboxylic acids is 1. The second kappa shape index (κ2) is 6.85. The number of hydrogen-bond acceptors (Lipinski definition) is 3. The summed E-state index contributed by atoms with van der Waals surface area (Å²) in [5.41, 5.74) is 2.25. The highest BCUT2D eigenvalue weighted by atomic mass is 32.1. The van der Waals surface area contributed by atoms with Gasteiger partial charge in [0.25, 0.3) is 5.91 Å². The minimum Gasteiger partial charge on any atom is -0.507 e. The van der Waals surface area contributed by atoms with E-state index in [4.69, 9.17) is 0 Å². The van der Waals surface area contributed by atoms with Gasteiger partial charge in [-0.25, -0.2) is 0 Å². The van der Waals surface area contributed by atoms with Crippen molar-refractivity contribution in [2.45, 2.75) is 39.5 Å². The molecule has 0 saturated carbocycles. The third kappa shape index (κ3) is 3.90. The number of nitrogens with one attached hydrogen (secondary N) is 1. The first-order valence-electron chi connectivity index (χ1n) is 6.64. The number of thiol groups is 1. The van der Waals surface area contributed by atoms with E-state index in [1.165, 1.54) is 0 Å². The molecule has 106 valence electrons. The van der Waals surface area contributed by atoms with E-state index >= 15 is 0 Å². The van der Waals surface area contributed by atoms with E-state index in [2.05, 4.69) is 31.8 Å². The van der Waals surface area contributed by atoms with Crippen LogP contribution in [0.3, 0.4) is 0 Å². The smallest absolute Gasteiger partial charge is 0.255 e. The molecule has 0 atom stereocenters. The van der Waals surface area contributed by atoms with Crippen molar-refractivity contribution in [3.63, 3.8) is 0 Å². The van der Waals surface area contributed by atoms with Gasteiger partial charge in [0.2, 0.25) is 0 Å². The maximum atomic E-state index is 12.1. The number of rotatable bonds is 5. The summed E-state index contributed by atoms with van der Waals surface area (Å²) in [4.78, 5) is 12.1. The van der Waals surface area contributed by atoms with Crippen molar-refractivity contribution in [3.8, 4) is 5.75 Å². The Balaban J connectivity index is 3.25. The molecule has 19 heavy (non-hydrogen) atoms. The number of amides is 1. The zero-order valence-electron chi connectivity index (χ0n) is 12.0. The second-order valence-electron chi connectivity index (χ2n) is 5.30. The fraction of sp³-hybridized carbons (Fsp3) is 0.533. The molecule has 0 bridgehead atoms. The van der Waals surface area contributed by atoms with Crippen molar-refractivity contribution < 1.29 is 9.90 Å². The summed E-state index contributed by atoms with van der Waals surface area (Å²) in [6.07, 6.45) is 0. The van der Waals surface area contributed by atoms with Crippen molar-refractivity contribution in [1.82, 2.24) is 5.32 Å². The predicted octanol–water partition coefficient (Wildman–Crippen LogP) is 3.30. The summed E-state index contributed by atoms with van der Waals surface area (Å²) < 4.78 is 0. The molecule has 1 rings (SSSR count). The first-order chi connectivity index (χ1) is 8.88. The minimum absolute atomic E-state index is 0.0936. The van der Waals surface area contributed by atoms with Crippen LogP contribution in [0.5, 0.6) is 5.75 Å². The molecular weight excluding hydrogens is 258 g/mol. The summed E-state index contributed by atoms with van der Waals surface area (Å²) in [5.74, 6) is 0.921. The van der Waals surface area contributed by atoms with E-state index in [9.17, 15) is 9.90 Å². The van der Waals surface area contributed by atoms with E-state index in [1.54, 1.807) is 6.07 Å². The molecule has 0 spiro atoms. The standard InChI is InChI=1S/C15H23NO2S/c1-9(2)11-7-12(10(3)4)14(17)13(8-11)15(18)16-5-6-19/h7-10,17,19H,5-6H2,1-4H3,(H,16,18). The Hall–Kier alpha value is -1.16. The Labute approximate surface area is 120 Å². The van der Waals surface area contributed by atoms with Crippen LogP contribution in [0.4, 0.5) is 0 Å². The van der Waals surface area contributed by atoms with Crippen molar-refractivity contribution in [3.05, 3.63) is 28.8 Å². The van der Waals surface area contributed by atoms with E-state index < -0.39 is 0 Å². The Bertz CT molecular complexity index is 456. The molecule has 1 amide bonds. The molecule has 0 fully saturated rings. The van der Waals surface area contributed by atoms with E-state index in [0.717, 1.165) is 11.1 Å². The SMILES string of the molecule is CC(C)c1cc(C(=O)NCCS)c(O)c(C(C)C)c1. The highest BCUT2D eigenvalue weighted by Crippen LogP contribution is 2.32. The third-order valence-corrected chi connectivity index (χ3v) is 3.32. The molecule has 1 aromatic rings. The molecule has 0 aliphatic heterocycles. The van der Waals surface area contributed by atoms with Gasteiger partial charge in [0.05, 0.1) is 5.56 Å². The molecular formula is C15H23NO2S. The second-order valence-corrected chi connectivity index (χ2v) is 5.74. The topological polar surface area (TPSA) is 49.3 Å². The molecule has 0 unspecified atom stereocenters. The van der Waals surface area contributed by atoms with Gasteiger partial charge in [0, 0.05) is 12.3 Å². The zero-order valence-corrected chi connectivity index (χ0v) is 12.9. The molecule has 0 radical (unpaired) electrons. The van der Waals surface area contributed by atoms with Crippen molar-refractivity contribution in [2.24, 2.45) is 0 Å². The highest BCUT2D eigenvalue weighted by Gasteiger charge is 2.18. The van der Waals surface area contributed by atoms with Gasteiger partial charge in [0.1, 0.15) is 5.75 Å². The van der Waals surface area contributed by atoms with E-state index in [-0.39, 0.29) is 17.6 Å². The lowest BCUT2D eigenvalue weighted by molar-refractivity contribution is 0.0953. The van der Waals surface area contributed by atoms with Crippen LogP contribution in [0.15, 0.2) is 12.1 Å². The Kier molecular flexibility index (Phi) is 5.73. The number of phenolic OH excluding ortho intramolecular Hbond substituents is 1. The van der Waals surface area contributed by atoms with E-state index in [0.29, 0.717) is 23.8 Å². The first-order valence-corrected chi connectivity index (χ1v) is 7.27. The van der Waals surface area contributed by atoms with Crippen molar-refractivity contribution in [2.75, 3.05) is 12.3 Å². The number of benzene rings is 1. The fourth-order valence-corrected chi connectivity index (χ4v) is 2.00. The number of phenols is 1. The van der Waals surface area contributed by atoms with Crippen LogP contribution in [0.1, 0.15) is 61.0 Å². The van der Waals surface area contributed by atoms with Gasteiger partial charge in [0.15, 0.2) is 0 Å². The molecule has 0 heterocycles. The lowest BCUT2D eigenvalue weighted by Gasteiger charge is -2.16. The summed E-state index contributed by atoms with van der Waals surface area (Å²) in [5, 5.41) is 13.0. The number of aromatic hydroxyl groups is 1. The van der Waals surface area contributed by atoms with Gasteiger partial charge in [-0.15, -0.1) is 0 Å². The van der Waals surface area contributed by atoms with Crippen LogP contribution in [-0.4, -0.2) is 23.3 Å². The quantitative estimate of drug-likeness (QED) is 0.725. The molecule has 1 aromatic carbocycles. The van der Waals surface area contributed by atoms with Crippen LogP contribution < -0.4 is 5.32 Å². The maximum Gasteiger partial charge on any atom is 0.255 e. The average Bonchev–Trinajstić information content (AvgIpc) is 2.35. The minimum atomic E-state index is -0.240. The normalized spacial score (nSPS) is 11.1. The van der Waals surface area contributed by atoms with Crippen LogP contribution in [-0.2, 0) is 0 Å². The third-order valence-electron chi connectivity index (χ3n) is 3.09. The molecule has 0 aliphatic carbocycles. The molecule has 2 N–H and O–H groups in total. The molecule has 0 aliphatic rings. The zero-order chi connectivity index (χ0) is 14.6. The monoisotopic (exact) mass is 281 g/mol. The molecule has 0 aromatic heterocycles.